The van der Waals surface area contributed by atoms with Crippen LogP contribution in [0.1, 0.15) is 382 Å². The first kappa shape index (κ1) is 92.1. The molecule has 0 aromatic heterocycles. The summed E-state index contributed by atoms with van der Waals surface area (Å²) in [5.74, 6) is 0.0977. The summed E-state index contributed by atoms with van der Waals surface area (Å²) in [6, 6.07) is 0. The Morgan fingerprint density at radius 2 is 0.543 bits per heavy atom. The third-order valence-electron chi connectivity index (χ3n) is 17.7. The topological polar surface area (TPSA) is 237 Å². The van der Waals surface area contributed by atoms with E-state index < -0.39 is 97.5 Å². The Hall–Kier alpha value is -1.94. The highest BCUT2D eigenvalue weighted by Gasteiger charge is 2.30. The number of esters is 4. The van der Waals surface area contributed by atoms with Gasteiger partial charge in [0.05, 0.1) is 26.4 Å². The molecule has 0 aliphatic heterocycles. The van der Waals surface area contributed by atoms with E-state index in [4.69, 9.17) is 37.0 Å². The minimum Gasteiger partial charge on any atom is -0.462 e. The van der Waals surface area contributed by atoms with Crippen molar-refractivity contribution in [2.24, 2.45) is 17.8 Å². The van der Waals surface area contributed by atoms with E-state index in [2.05, 4.69) is 48.5 Å². The molecule has 17 nitrogen and oxygen atoms in total. The lowest BCUT2D eigenvalue weighted by Gasteiger charge is -2.21. The van der Waals surface area contributed by atoms with E-state index >= 15 is 0 Å². The fourth-order valence-corrected chi connectivity index (χ4v) is 13.0. The molecule has 0 bridgehead atoms. The molecule has 0 rings (SSSR count). The molecule has 19 heteroatoms. The Labute approximate surface area is 575 Å². The minimum atomic E-state index is -4.96. The van der Waals surface area contributed by atoms with E-state index in [1.165, 1.54) is 186 Å². The number of carbonyl (C=O) groups is 4. The molecule has 0 aromatic carbocycles. The quantitative estimate of drug-likeness (QED) is 0.0222. The standard InChI is InChI=1S/C75H146O17P2/c1-8-10-11-12-13-14-15-16-17-18-19-20-21-22-25-29-35-44-51-58-74(79)91-70(62-85-72(77)56-49-42-34-28-26-23-24-27-32-39-46-53-66(3)4)64-89-93(81,82)87-60-69(76)61-88-94(83,84)90-65-71(63-86-73(78)57-50-43-38-37-41-48-55-68(7)9-2)92-75(80)59-52-45-36-31-30-33-40-47-54-67(5)6/h66-71,76H,8-65H2,1-7H3,(H,81,82)(H,83,84)/t68?,69-,70-,71-/m1/s1. The van der Waals surface area contributed by atoms with Crippen LogP contribution in [-0.4, -0.2) is 96.7 Å². The second-order valence-electron chi connectivity index (χ2n) is 28.2. The maximum absolute atomic E-state index is 13.1. The third kappa shape index (κ3) is 67.3. The molecule has 558 valence electrons. The van der Waals surface area contributed by atoms with Crippen LogP contribution in [0.4, 0.5) is 0 Å². The zero-order chi connectivity index (χ0) is 69.4. The van der Waals surface area contributed by atoms with Gasteiger partial charge < -0.3 is 33.8 Å². The Morgan fingerprint density at radius 3 is 0.809 bits per heavy atom. The molecule has 0 aliphatic rings. The molecule has 0 fully saturated rings. The molecule has 0 saturated carbocycles. The molecule has 94 heavy (non-hydrogen) atoms. The van der Waals surface area contributed by atoms with E-state index in [0.717, 1.165) is 114 Å². The lowest BCUT2D eigenvalue weighted by Crippen LogP contribution is -2.30. The average Bonchev–Trinajstić information content (AvgIpc) is 1.23. The number of aliphatic hydroxyl groups excluding tert-OH is 1. The number of phosphoric acid groups is 2. The Kier molecular flexibility index (Phi) is 64.3. The largest absolute Gasteiger partial charge is 0.472 e. The molecule has 0 saturated heterocycles. The number of phosphoric ester groups is 2. The molecule has 3 N–H and O–H groups in total. The van der Waals surface area contributed by atoms with Gasteiger partial charge in [-0.1, -0.05) is 331 Å². The number of carbonyl (C=O) groups excluding carboxylic acids is 4. The molecule has 0 aromatic rings. The monoisotopic (exact) mass is 1380 g/mol. The van der Waals surface area contributed by atoms with Crippen LogP contribution in [0.15, 0.2) is 0 Å². The maximum atomic E-state index is 13.1. The smallest absolute Gasteiger partial charge is 0.462 e. The molecule has 6 atom stereocenters. The third-order valence-corrected chi connectivity index (χ3v) is 19.6. The van der Waals surface area contributed by atoms with Crippen LogP contribution >= 0.6 is 15.6 Å². The van der Waals surface area contributed by atoms with Gasteiger partial charge in [-0.3, -0.25) is 37.3 Å². The summed E-state index contributed by atoms with van der Waals surface area (Å²) in [5.41, 5.74) is 0. The first-order chi connectivity index (χ1) is 45.3. The van der Waals surface area contributed by atoms with Crippen molar-refractivity contribution in [1.29, 1.82) is 0 Å². The summed E-state index contributed by atoms with van der Waals surface area (Å²) >= 11 is 0. The molecule has 0 spiro atoms. The zero-order valence-corrected chi connectivity index (χ0v) is 63.2. The van der Waals surface area contributed by atoms with Crippen LogP contribution in [0.25, 0.3) is 0 Å². The predicted octanol–water partition coefficient (Wildman–Crippen LogP) is 21.8. The average molecular weight is 1380 g/mol. The fraction of sp³-hybridized carbons (Fsp3) is 0.947. The van der Waals surface area contributed by atoms with Crippen molar-refractivity contribution in [3.63, 3.8) is 0 Å². The second-order valence-corrected chi connectivity index (χ2v) is 31.1. The van der Waals surface area contributed by atoms with Gasteiger partial charge in [0.1, 0.15) is 19.3 Å². The summed E-state index contributed by atoms with van der Waals surface area (Å²) in [6.07, 6.45) is 51.5. The van der Waals surface area contributed by atoms with Gasteiger partial charge >= 0.3 is 39.5 Å². The SMILES string of the molecule is CCCCCCCCCCCCCCCCCCCCCC(=O)O[C@H](COC(=O)CCCCCCCCCCCCCC(C)C)COP(=O)(O)OC[C@@H](O)COP(=O)(O)OC[C@@H](COC(=O)CCCCCCCCC(C)CC)OC(=O)CCCCCCCCCCC(C)C. The van der Waals surface area contributed by atoms with Crippen LogP contribution in [0.5, 0.6) is 0 Å². The summed E-state index contributed by atoms with van der Waals surface area (Å²) in [4.78, 5) is 72.7. The summed E-state index contributed by atoms with van der Waals surface area (Å²) in [7, 11) is -9.91. The highest BCUT2D eigenvalue weighted by molar-refractivity contribution is 7.47. The van der Waals surface area contributed by atoms with Crippen molar-refractivity contribution in [3.05, 3.63) is 0 Å². The van der Waals surface area contributed by atoms with Crippen LogP contribution in [0.3, 0.4) is 0 Å². The molecule has 3 unspecified atom stereocenters. The summed E-state index contributed by atoms with van der Waals surface area (Å²) in [6.45, 7) is 11.8. The fourth-order valence-electron chi connectivity index (χ4n) is 11.4. The van der Waals surface area contributed by atoms with Crippen molar-refractivity contribution < 1.29 is 80.2 Å². The van der Waals surface area contributed by atoms with Crippen molar-refractivity contribution in [2.45, 2.75) is 401 Å². The van der Waals surface area contributed by atoms with Gasteiger partial charge in [0.2, 0.25) is 0 Å². The predicted molar refractivity (Wildman–Crippen MR) is 381 cm³/mol. The Morgan fingerprint density at radius 1 is 0.309 bits per heavy atom. The number of ether oxygens (including phenoxy) is 4. The van der Waals surface area contributed by atoms with Crippen molar-refractivity contribution in [3.8, 4) is 0 Å². The molecular formula is C75H146O17P2. The second kappa shape index (κ2) is 65.7. The van der Waals surface area contributed by atoms with Crippen LogP contribution in [0, 0.1) is 17.8 Å². The van der Waals surface area contributed by atoms with E-state index in [9.17, 15) is 43.2 Å². The van der Waals surface area contributed by atoms with Gasteiger partial charge in [0.25, 0.3) is 0 Å². The van der Waals surface area contributed by atoms with E-state index in [-0.39, 0.29) is 25.7 Å². The van der Waals surface area contributed by atoms with Gasteiger partial charge in [-0.25, -0.2) is 9.13 Å². The van der Waals surface area contributed by atoms with E-state index in [1.807, 2.05) is 0 Å². The first-order valence-electron chi connectivity index (χ1n) is 38.9. The van der Waals surface area contributed by atoms with E-state index in [0.29, 0.717) is 25.7 Å². The molecular weight excluding hydrogens is 1230 g/mol. The van der Waals surface area contributed by atoms with Crippen molar-refractivity contribution in [2.75, 3.05) is 39.6 Å². The van der Waals surface area contributed by atoms with Gasteiger partial charge in [-0.05, 0) is 43.4 Å². The number of hydrogen-bond donors (Lipinski definition) is 3. The highest BCUT2D eigenvalue weighted by atomic mass is 31.2. The van der Waals surface area contributed by atoms with Gasteiger partial charge in [-0.2, -0.15) is 0 Å². The number of aliphatic hydroxyl groups is 1. The van der Waals surface area contributed by atoms with Crippen LogP contribution in [0.2, 0.25) is 0 Å². The van der Waals surface area contributed by atoms with Crippen molar-refractivity contribution >= 4 is 39.5 Å². The summed E-state index contributed by atoms with van der Waals surface area (Å²) in [5, 5.41) is 10.6. The highest BCUT2D eigenvalue weighted by Crippen LogP contribution is 2.45. The zero-order valence-electron chi connectivity index (χ0n) is 61.4. The van der Waals surface area contributed by atoms with Gasteiger partial charge in [-0.15, -0.1) is 0 Å². The number of unbranched alkanes of at least 4 members (excludes halogenated alkanes) is 40. The van der Waals surface area contributed by atoms with Gasteiger partial charge in [0.15, 0.2) is 12.2 Å². The molecule has 0 aliphatic carbocycles. The van der Waals surface area contributed by atoms with Crippen LogP contribution < -0.4 is 0 Å². The maximum Gasteiger partial charge on any atom is 0.472 e. The molecule has 0 radical (unpaired) electrons. The van der Waals surface area contributed by atoms with Gasteiger partial charge in [0, 0.05) is 25.7 Å². The Balaban J connectivity index is 5.23. The lowest BCUT2D eigenvalue weighted by atomic mass is 10.00. The Bertz CT molecular complexity index is 1840. The first-order valence-corrected chi connectivity index (χ1v) is 41.9. The molecule has 0 heterocycles. The normalized spacial score (nSPS) is 14.4. The minimum absolute atomic E-state index is 0.103. The summed E-state index contributed by atoms with van der Waals surface area (Å²) < 4.78 is 68.5. The number of rotatable bonds is 73. The van der Waals surface area contributed by atoms with E-state index in [1.54, 1.807) is 0 Å². The lowest BCUT2D eigenvalue weighted by molar-refractivity contribution is -0.161. The molecule has 0 amide bonds. The van der Waals surface area contributed by atoms with Crippen molar-refractivity contribution in [1.82, 2.24) is 0 Å². The van der Waals surface area contributed by atoms with Crippen LogP contribution in [-0.2, 0) is 65.4 Å². The number of hydrogen-bond acceptors (Lipinski definition) is 15.